The first-order valence-electron chi connectivity index (χ1n) is 5.50. The zero-order valence-corrected chi connectivity index (χ0v) is 11.8. The van der Waals surface area contributed by atoms with Crippen LogP contribution in [-0.2, 0) is 4.79 Å². The third-order valence-corrected chi connectivity index (χ3v) is 3.02. The molecule has 1 aliphatic carbocycles. The van der Waals surface area contributed by atoms with E-state index in [2.05, 4.69) is 26.6 Å². The maximum atomic E-state index is 11.5. The zero-order valence-electron chi connectivity index (χ0n) is 9.41. The Bertz CT molecular complexity index is 383. The summed E-state index contributed by atoms with van der Waals surface area (Å²) in [5.74, 6) is 0.817. The third-order valence-electron chi connectivity index (χ3n) is 2.52. The molecule has 1 aromatic carbocycles. The molecule has 0 aromatic heterocycles. The van der Waals surface area contributed by atoms with Crippen LogP contribution in [0.2, 0.25) is 0 Å². The number of anilines is 1. The minimum Gasteiger partial charge on any atom is -0.325 e. The molecule has 1 aromatic rings. The van der Waals surface area contributed by atoms with Gasteiger partial charge < -0.3 is 10.6 Å². The van der Waals surface area contributed by atoms with Crippen LogP contribution in [0.5, 0.6) is 0 Å². The van der Waals surface area contributed by atoms with Crippen molar-refractivity contribution in [2.45, 2.75) is 12.8 Å². The quantitative estimate of drug-likeness (QED) is 0.876. The van der Waals surface area contributed by atoms with Gasteiger partial charge in [0.1, 0.15) is 0 Å². The van der Waals surface area contributed by atoms with Crippen molar-refractivity contribution >= 4 is 39.9 Å². The average molecular weight is 320 g/mol. The lowest BCUT2D eigenvalue weighted by Gasteiger charge is -2.06. The predicted octanol–water partition coefficient (Wildman–Crippen LogP) is 2.81. The molecule has 2 N–H and O–H groups in total. The molecule has 0 spiro atoms. The maximum Gasteiger partial charge on any atom is 0.238 e. The molecule has 0 aliphatic heterocycles. The van der Waals surface area contributed by atoms with Gasteiger partial charge in [0.15, 0.2) is 0 Å². The predicted molar refractivity (Wildman–Crippen MR) is 75.6 cm³/mol. The molecule has 3 nitrogen and oxygen atoms in total. The molecule has 0 bridgehead atoms. The Hall–Kier alpha value is -0.580. The van der Waals surface area contributed by atoms with Crippen LogP contribution in [0.3, 0.4) is 0 Å². The number of amides is 1. The van der Waals surface area contributed by atoms with Crippen molar-refractivity contribution in [3.8, 4) is 0 Å². The van der Waals surface area contributed by atoms with E-state index in [9.17, 15) is 4.79 Å². The fourth-order valence-corrected chi connectivity index (χ4v) is 1.88. The van der Waals surface area contributed by atoms with Gasteiger partial charge >= 0.3 is 0 Å². The summed E-state index contributed by atoms with van der Waals surface area (Å²) in [4.78, 5) is 11.5. The molecule has 5 heteroatoms. The highest BCUT2D eigenvalue weighted by molar-refractivity contribution is 9.10. The molecule has 0 unspecified atom stereocenters. The molecule has 2 rings (SSSR count). The van der Waals surface area contributed by atoms with Crippen molar-refractivity contribution in [3.05, 3.63) is 28.7 Å². The SMILES string of the molecule is Cl.O=C(CNCC1CC1)Nc1cccc(Br)c1. The zero-order chi connectivity index (χ0) is 11.4. The van der Waals surface area contributed by atoms with E-state index in [0.717, 1.165) is 22.6 Å². The molecular weight excluding hydrogens is 304 g/mol. The second-order valence-electron chi connectivity index (χ2n) is 4.13. The van der Waals surface area contributed by atoms with Crippen LogP contribution < -0.4 is 10.6 Å². The Morgan fingerprint density at radius 3 is 2.82 bits per heavy atom. The fourth-order valence-electron chi connectivity index (χ4n) is 1.48. The van der Waals surface area contributed by atoms with Crippen LogP contribution >= 0.6 is 28.3 Å². The minimum atomic E-state index is 0. The third kappa shape index (κ3) is 5.52. The lowest BCUT2D eigenvalue weighted by molar-refractivity contribution is -0.115. The lowest BCUT2D eigenvalue weighted by atomic mass is 10.3. The van der Waals surface area contributed by atoms with Crippen molar-refractivity contribution < 1.29 is 4.79 Å². The summed E-state index contributed by atoms with van der Waals surface area (Å²) in [7, 11) is 0. The van der Waals surface area contributed by atoms with E-state index >= 15 is 0 Å². The van der Waals surface area contributed by atoms with Gasteiger partial charge in [-0.1, -0.05) is 22.0 Å². The van der Waals surface area contributed by atoms with Gasteiger partial charge in [0.05, 0.1) is 6.54 Å². The summed E-state index contributed by atoms with van der Waals surface area (Å²) < 4.78 is 0.969. The molecule has 0 atom stereocenters. The van der Waals surface area contributed by atoms with Crippen molar-refractivity contribution in [1.82, 2.24) is 5.32 Å². The number of hydrogen-bond donors (Lipinski definition) is 2. The van der Waals surface area contributed by atoms with Crippen molar-refractivity contribution in [2.75, 3.05) is 18.4 Å². The Morgan fingerprint density at radius 2 is 2.18 bits per heavy atom. The number of carbonyl (C=O) groups is 1. The summed E-state index contributed by atoms with van der Waals surface area (Å²) in [6.07, 6.45) is 2.61. The molecule has 17 heavy (non-hydrogen) atoms. The highest BCUT2D eigenvalue weighted by Gasteiger charge is 2.20. The number of nitrogens with one attached hydrogen (secondary N) is 2. The fraction of sp³-hybridized carbons (Fsp3) is 0.417. The van der Waals surface area contributed by atoms with Crippen molar-refractivity contribution in [2.24, 2.45) is 5.92 Å². The molecule has 0 saturated heterocycles. The molecule has 94 valence electrons. The molecular formula is C12H16BrClN2O. The Morgan fingerprint density at radius 1 is 1.41 bits per heavy atom. The van der Waals surface area contributed by atoms with E-state index in [-0.39, 0.29) is 18.3 Å². The lowest BCUT2D eigenvalue weighted by Crippen LogP contribution is -2.29. The minimum absolute atomic E-state index is 0. The molecule has 1 fully saturated rings. The van der Waals surface area contributed by atoms with Crippen molar-refractivity contribution in [1.29, 1.82) is 0 Å². The van der Waals surface area contributed by atoms with E-state index < -0.39 is 0 Å². The van der Waals surface area contributed by atoms with Gasteiger partial charge in [-0.15, -0.1) is 12.4 Å². The summed E-state index contributed by atoms with van der Waals surface area (Å²) in [5, 5.41) is 6.00. The van der Waals surface area contributed by atoms with E-state index in [1.54, 1.807) is 0 Å². The molecule has 1 saturated carbocycles. The first-order valence-corrected chi connectivity index (χ1v) is 6.29. The van der Waals surface area contributed by atoms with Crippen molar-refractivity contribution in [3.63, 3.8) is 0 Å². The second kappa shape index (κ2) is 6.99. The number of benzene rings is 1. The summed E-state index contributed by atoms with van der Waals surface area (Å²) in [6.45, 7) is 1.36. The molecule has 1 aliphatic rings. The van der Waals surface area contributed by atoms with Gasteiger partial charge in [-0.25, -0.2) is 0 Å². The highest BCUT2D eigenvalue weighted by atomic mass is 79.9. The van der Waals surface area contributed by atoms with Gasteiger partial charge in [-0.05, 0) is 43.5 Å². The summed E-state index contributed by atoms with van der Waals surface area (Å²) in [6, 6.07) is 7.60. The second-order valence-corrected chi connectivity index (χ2v) is 5.05. The molecule has 0 radical (unpaired) electrons. The largest absolute Gasteiger partial charge is 0.325 e. The van der Waals surface area contributed by atoms with E-state index in [1.807, 2.05) is 24.3 Å². The average Bonchev–Trinajstić information content (AvgIpc) is 3.01. The van der Waals surface area contributed by atoms with Crippen LogP contribution in [0, 0.1) is 5.92 Å². The van der Waals surface area contributed by atoms with Crippen LogP contribution in [0.15, 0.2) is 28.7 Å². The Balaban J connectivity index is 0.00000144. The molecule has 1 amide bonds. The normalized spacial score (nSPS) is 13.9. The van der Waals surface area contributed by atoms with Crippen LogP contribution in [0.25, 0.3) is 0 Å². The standard InChI is InChI=1S/C12H15BrN2O.ClH/c13-10-2-1-3-11(6-10)15-12(16)8-14-7-9-4-5-9;/h1-3,6,9,14H,4-5,7-8H2,(H,15,16);1H. The maximum absolute atomic E-state index is 11.5. The first kappa shape index (κ1) is 14.5. The van der Waals surface area contributed by atoms with Gasteiger partial charge in [-0.3, -0.25) is 4.79 Å². The van der Waals surface area contributed by atoms with Crippen LogP contribution in [-0.4, -0.2) is 19.0 Å². The van der Waals surface area contributed by atoms with E-state index in [4.69, 9.17) is 0 Å². The van der Waals surface area contributed by atoms with Gasteiger partial charge in [0, 0.05) is 10.2 Å². The van der Waals surface area contributed by atoms with E-state index in [1.165, 1.54) is 12.8 Å². The summed E-state index contributed by atoms with van der Waals surface area (Å²) in [5.41, 5.74) is 0.826. The van der Waals surface area contributed by atoms with Gasteiger partial charge in [0.2, 0.25) is 5.91 Å². The smallest absolute Gasteiger partial charge is 0.238 e. The number of halogens is 2. The Labute approximate surface area is 116 Å². The number of rotatable bonds is 5. The van der Waals surface area contributed by atoms with Gasteiger partial charge in [0.25, 0.3) is 0 Å². The van der Waals surface area contributed by atoms with Crippen LogP contribution in [0.1, 0.15) is 12.8 Å². The van der Waals surface area contributed by atoms with Crippen LogP contribution in [0.4, 0.5) is 5.69 Å². The number of carbonyl (C=O) groups excluding carboxylic acids is 1. The molecule has 0 heterocycles. The monoisotopic (exact) mass is 318 g/mol. The van der Waals surface area contributed by atoms with Gasteiger partial charge in [-0.2, -0.15) is 0 Å². The highest BCUT2D eigenvalue weighted by Crippen LogP contribution is 2.27. The van der Waals surface area contributed by atoms with E-state index in [0.29, 0.717) is 6.54 Å². The number of hydrogen-bond acceptors (Lipinski definition) is 2. The Kier molecular flexibility index (Phi) is 5.95. The first-order chi connectivity index (χ1) is 7.74. The topological polar surface area (TPSA) is 41.1 Å². The summed E-state index contributed by atoms with van der Waals surface area (Å²) >= 11 is 3.37.